The number of halogens is 3. The SMILES string of the molecule is O=C(O)c1ccoc1COc1cc(Cl)c(Cl)cc1Cl. The van der Waals surface area contributed by atoms with Gasteiger partial charge in [-0.15, -0.1) is 0 Å². The third-order valence-corrected chi connectivity index (χ3v) is 3.33. The lowest BCUT2D eigenvalue weighted by atomic mass is 10.2. The predicted molar refractivity (Wildman–Crippen MR) is 71.5 cm³/mol. The Morgan fingerprint density at radius 1 is 1.21 bits per heavy atom. The second-order valence-corrected chi connectivity index (χ2v) is 4.77. The zero-order valence-electron chi connectivity index (χ0n) is 9.32. The van der Waals surface area contributed by atoms with Gasteiger partial charge < -0.3 is 14.3 Å². The Morgan fingerprint density at radius 3 is 2.58 bits per heavy atom. The summed E-state index contributed by atoms with van der Waals surface area (Å²) in [5, 5.41) is 9.78. The number of hydrogen-bond donors (Lipinski definition) is 1. The minimum absolute atomic E-state index is 0.0381. The summed E-state index contributed by atoms with van der Waals surface area (Å²) in [4.78, 5) is 10.9. The maximum Gasteiger partial charge on any atom is 0.339 e. The van der Waals surface area contributed by atoms with Crippen LogP contribution in [-0.4, -0.2) is 11.1 Å². The molecular formula is C12H7Cl3O4. The highest BCUT2D eigenvalue weighted by Gasteiger charge is 2.15. The number of carboxylic acid groups (broad SMARTS) is 1. The number of ether oxygens (including phenoxy) is 1. The van der Waals surface area contributed by atoms with Crippen LogP contribution in [0.2, 0.25) is 15.1 Å². The van der Waals surface area contributed by atoms with Crippen molar-refractivity contribution in [3.63, 3.8) is 0 Å². The smallest absolute Gasteiger partial charge is 0.339 e. The molecule has 7 heteroatoms. The molecule has 0 amide bonds. The first-order chi connectivity index (χ1) is 8.99. The van der Waals surface area contributed by atoms with E-state index < -0.39 is 5.97 Å². The Labute approximate surface area is 123 Å². The molecule has 1 aromatic carbocycles. The lowest BCUT2D eigenvalue weighted by Gasteiger charge is -2.08. The van der Waals surface area contributed by atoms with Crippen molar-refractivity contribution < 1.29 is 19.1 Å². The number of hydrogen-bond acceptors (Lipinski definition) is 3. The molecule has 0 spiro atoms. The number of carbonyl (C=O) groups is 1. The van der Waals surface area contributed by atoms with E-state index in [1.54, 1.807) is 0 Å². The van der Waals surface area contributed by atoms with Crippen LogP contribution < -0.4 is 4.74 Å². The molecule has 0 aliphatic carbocycles. The normalized spacial score (nSPS) is 10.5. The summed E-state index contributed by atoms with van der Waals surface area (Å²) in [5.74, 6) is -0.606. The maximum absolute atomic E-state index is 10.9. The van der Waals surface area contributed by atoms with Crippen molar-refractivity contribution in [2.45, 2.75) is 6.61 Å². The fourth-order valence-electron chi connectivity index (χ4n) is 1.40. The van der Waals surface area contributed by atoms with E-state index in [1.165, 1.54) is 24.5 Å². The van der Waals surface area contributed by atoms with Crippen molar-refractivity contribution in [2.24, 2.45) is 0 Å². The van der Waals surface area contributed by atoms with Gasteiger partial charge in [0, 0.05) is 6.07 Å². The molecule has 0 saturated heterocycles. The standard InChI is InChI=1S/C12H7Cl3O4/c13-7-3-9(15)10(4-8(7)14)19-5-11-6(12(16)17)1-2-18-11/h1-4H,5H2,(H,16,17). The molecule has 0 radical (unpaired) electrons. The third-order valence-electron chi connectivity index (χ3n) is 2.31. The molecule has 0 aliphatic heterocycles. The highest BCUT2D eigenvalue weighted by Crippen LogP contribution is 2.34. The van der Waals surface area contributed by atoms with E-state index >= 15 is 0 Å². The Morgan fingerprint density at radius 2 is 1.89 bits per heavy atom. The van der Waals surface area contributed by atoms with Crippen LogP contribution in [0.3, 0.4) is 0 Å². The van der Waals surface area contributed by atoms with Gasteiger partial charge in [-0.3, -0.25) is 0 Å². The Bertz CT molecular complexity index is 621. The van der Waals surface area contributed by atoms with Crippen LogP contribution in [0.25, 0.3) is 0 Å². The molecule has 2 rings (SSSR count). The Balaban J connectivity index is 2.17. The molecule has 100 valence electrons. The predicted octanol–water partition coefficient (Wildman–Crippen LogP) is 4.52. The topological polar surface area (TPSA) is 59.7 Å². The lowest BCUT2D eigenvalue weighted by molar-refractivity contribution is 0.0692. The van der Waals surface area contributed by atoms with E-state index in [0.29, 0.717) is 15.8 Å². The molecular weight excluding hydrogens is 314 g/mol. The Kier molecular flexibility index (Phi) is 4.24. The maximum atomic E-state index is 10.9. The summed E-state index contributed by atoms with van der Waals surface area (Å²) in [6.45, 7) is -0.0771. The van der Waals surface area contributed by atoms with Gasteiger partial charge in [0.05, 0.1) is 21.3 Å². The van der Waals surface area contributed by atoms with E-state index in [9.17, 15) is 4.79 Å². The number of aromatic carboxylic acids is 1. The van der Waals surface area contributed by atoms with Crippen LogP contribution in [0.5, 0.6) is 5.75 Å². The quantitative estimate of drug-likeness (QED) is 0.841. The first-order valence-electron chi connectivity index (χ1n) is 5.06. The molecule has 0 saturated carbocycles. The molecule has 0 fully saturated rings. The second kappa shape index (κ2) is 5.74. The van der Waals surface area contributed by atoms with Crippen molar-refractivity contribution in [3.8, 4) is 5.75 Å². The van der Waals surface area contributed by atoms with E-state index in [0.717, 1.165) is 0 Å². The summed E-state index contributed by atoms with van der Waals surface area (Å²) in [6.07, 6.45) is 1.28. The van der Waals surface area contributed by atoms with E-state index in [4.69, 9.17) is 49.1 Å². The third kappa shape index (κ3) is 3.15. The van der Waals surface area contributed by atoms with Gasteiger partial charge in [-0.05, 0) is 12.1 Å². The Hall–Kier alpha value is -1.36. The summed E-state index contributed by atoms with van der Waals surface area (Å²) < 4.78 is 10.4. The highest BCUT2D eigenvalue weighted by atomic mass is 35.5. The number of benzene rings is 1. The number of rotatable bonds is 4. The van der Waals surface area contributed by atoms with E-state index in [-0.39, 0.29) is 23.0 Å². The minimum Gasteiger partial charge on any atom is -0.484 e. The molecule has 19 heavy (non-hydrogen) atoms. The van der Waals surface area contributed by atoms with Crippen molar-refractivity contribution in [1.29, 1.82) is 0 Å². The van der Waals surface area contributed by atoms with Gasteiger partial charge in [-0.1, -0.05) is 34.8 Å². The van der Waals surface area contributed by atoms with Crippen molar-refractivity contribution >= 4 is 40.8 Å². The minimum atomic E-state index is -1.09. The van der Waals surface area contributed by atoms with Crippen LogP contribution in [0.4, 0.5) is 0 Å². The van der Waals surface area contributed by atoms with Gasteiger partial charge in [0.1, 0.15) is 17.9 Å². The molecule has 2 aromatic rings. The molecule has 0 aliphatic rings. The highest BCUT2D eigenvalue weighted by molar-refractivity contribution is 6.43. The zero-order valence-corrected chi connectivity index (χ0v) is 11.6. The number of furan rings is 1. The first-order valence-corrected chi connectivity index (χ1v) is 6.19. The van der Waals surface area contributed by atoms with E-state index in [1.807, 2.05) is 0 Å². The van der Waals surface area contributed by atoms with Crippen LogP contribution in [0.1, 0.15) is 16.1 Å². The van der Waals surface area contributed by atoms with Crippen molar-refractivity contribution in [2.75, 3.05) is 0 Å². The van der Waals surface area contributed by atoms with Crippen LogP contribution >= 0.6 is 34.8 Å². The van der Waals surface area contributed by atoms with Gasteiger partial charge in [0.2, 0.25) is 0 Å². The zero-order chi connectivity index (χ0) is 14.0. The summed E-state index contributed by atoms with van der Waals surface area (Å²) in [7, 11) is 0. The second-order valence-electron chi connectivity index (χ2n) is 3.55. The van der Waals surface area contributed by atoms with E-state index in [2.05, 4.69) is 0 Å². The molecule has 1 heterocycles. The van der Waals surface area contributed by atoms with Crippen molar-refractivity contribution in [3.05, 3.63) is 50.9 Å². The lowest BCUT2D eigenvalue weighted by Crippen LogP contribution is -2.02. The van der Waals surface area contributed by atoms with Gasteiger partial charge in [0.25, 0.3) is 0 Å². The molecule has 4 nitrogen and oxygen atoms in total. The van der Waals surface area contributed by atoms with Crippen LogP contribution in [0.15, 0.2) is 28.9 Å². The van der Waals surface area contributed by atoms with Gasteiger partial charge >= 0.3 is 5.97 Å². The van der Waals surface area contributed by atoms with Gasteiger partial charge in [-0.25, -0.2) is 4.79 Å². The molecule has 1 aromatic heterocycles. The largest absolute Gasteiger partial charge is 0.484 e. The fourth-order valence-corrected chi connectivity index (χ4v) is 1.99. The first kappa shape index (κ1) is 14.1. The molecule has 0 bridgehead atoms. The monoisotopic (exact) mass is 320 g/mol. The van der Waals surface area contributed by atoms with Gasteiger partial charge in [-0.2, -0.15) is 0 Å². The van der Waals surface area contributed by atoms with Crippen LogP contribution in [0, 0.1) is 0 Å². The summed E-state index contributed by atoms with van der Waals surface area (Å²) in [6, 6.07) is 4.24. The average Bonchev–Trinajstić information content (AvgIpc) is 2.80. The summed E-state index contributed by atoms with van der Waals surface area (Å²) in [5.41, 5.74) is 0.0381. The molecule has 1 N–H and O–H groups in total. The van der Waals surface area contributed by atoms with Crippen molar-refractivity contribution in [1.82, 2.24) is 0 Å². The summed E-state index contributed by atoms with van der Waals surface area (Å²) >= 11 is 17.6. The average molecular weight is 322 g/mol. The van der Waals surface area contributed by atoms with Gasteiger partial charge in [0.15, 0.2) is 5.76 Å². The van der Waals surface area contributed by atoms with Crippen LogP contribution in [-0.2, 0) is 6.61 Å². The molecule has 0 atom stereocenters. The number of carboxylic acids is 1. The molecule has 0 unspecified atom stereocenters. The fraction of sp³-hybridized carbons (Fsp3) is 0.0833.